The maximum atomic E-state index is 12.3. The first-order valence-corrected chi connectivity index (χ1v) is 7.44. The Kier molecular flexibility index (Phi) is 4.63. The maximum Gasteiger partial charge on any atom is 0.246 e. The van der Waals surface area contributed by atoms with E-state index in [0.29, 0.717) is 31.2 Å². The Labute approximate surface area is 134 Å². The lowest BCUT2D eigenvalue weighted by atomic mass is 10.2. The van der Waals surface area contributed by atoms with Crippen LogP contribution in [0.1, 0.15) is 17.4 Å². The van der Waals surface area contributed by atoms with Crippen molar-refractivity contribution in [3.63, 3.8) is 0 Å². The minimum absolute atomic E-state index is 0.0513. The minimum atomic E-state index is -0.341. The smallest absolute Gasteiger partial charge is 0.246 e. The number of rotatable bonds is 3. The first kappa shape index (κ1) is 15.2. The van der Waals surface area contributed by atoms with Gasteiger partial charge in [0.25, 0.3) is 0 Å². The molecule has 1 aromatic heterocycles. The molecule has 2 aromatic rings. The molecule has 0 bridgehead atoms. The van der Waals surface area contributed by atoms with Crippen molar-refractivity contribution in [2.24, 2.45) is 0 Å². The van der Waals surface area contributed by atoms with Gasteiger partial charge < -0.3 is 15.4 Å². The topological polar surface area (TPSA) is 81.3 Å². The van der Waals surface area contributed by atoms with Gasteiger partial charge >= 0.3 is 0 Å². The lowest BCUT2D eigenvalue weighted by Gasteiger charge is -2.32. The van der Waals surface area contributed by atoms with Crippen LogP contribution in [0.25, 0.3) is 6.08 Å². The average Bonchev–Trinajstić information content (AvgIpc) is 2.61. The Morgan fingerprint density at radius 2 is 2.04 bits per heavy atom. The summed E-state index contributed by atoms with van der Waals surface area (Å²) >= 11 is 0. The second-order valence-corrected chi connectivity index (χ2v) is 5.21. The summed E-state index contributed by atoms with van der Waals surface area (Å²) in [6.07, 6.45) is 6.16. The number of morpholine rings is 1. The second kappa shape index (κ2) is 7.02. The van der Waals surface area contributed by atoms with Crippen molar-refractivity contribution in [1.82, 2.24) is 14.9 Å². The monoisotopic (exact) mass is 310 g/mol. The molecule has 1 fully saturated rings. The molecule has 0 unspecified atom stereocenters. The van der Waals surface area contributed by atoms with Gasteiger partial charge in [-0.15, -0.1) is 0 Å². The van der Waals surface area contributed by atoms with Gasteiger partial charge in [-0.3, -0.25) is 9.78 Å². The number of anilines is 1. The quantitative estimate of drug-likeness (QED) is 0.872. The standard InChI is InChI=1S/C17H18N4O2/c18-17-16(19-8-9-20-17)14-12-21(10-11-23-14)15(22)7-6-13-4-2-1-3-5-13/h1-9,14H,10-12H2,(H2,18,20)/b7-6+/t14-/m1/s1. The highest BCUT2D eigenvalue weighted by Crippen LogP contribution is 2.23. The fourth-order valence-corrected chi connectivity index (χ4v) is 2.46. The predicted molar refractivity (Wildman–Crippen MR) is 87.2 cm³/mol. The molecule has 1 aromatic carbocycles. The van der Waals surface area contributed by atoms with Gasteiger partial charge in [0, 0.05) is 25.0 Å². The molecule has 1 aliphatic rings. The number of hydrogen-bond donors (Lipinski definition) is 1. The van der Waals surface area contributed by atoms with Crippen LogP contribution in [0.5, 0.6) is 0 Å². The lowest BCUT2D eigenvalue weighted by Crippen LogP contribution is -2.41. The van der Waals surface area contributed by atoms with Crippen LogP contribution in [0, 0.1) is 0 Å². The van der Waals surface area contributed by atoms with E-state index >= 15 is 0 Å². The molecule has 6 nitrogen and oxygen atoms in total. The molecule has 6 heteroatoms. The molecule has 118 valence electrons. The Balaban J connectivity index is 1.68. The summed E-state index contributed by atoms with van der Waals surface area (Å²) in [5.74, 6) is 0.288. The maximum absolute atomic E-state index is 12.3. The van der Waals surface area contributed by atoms with E-state index in [9.17, 15) is 4.79 Å². The number of ether oxygens (including phenoxy) is 1. The van der Waals surface area contributed by atoms with Gasteiger partial charge in [-0.1, -0.05) is 30.3 Å². The Morgan fingerprint density at radius 3 is 2.83 bits per heavy atom. The summed E-state index contributed by atoms with van der Waals surface area (Å²) in [4.78, 5) is 22.3. The number of nitrogens with zero attached hydrogens (tertiary/aromatic N) is 3. The first-order valence-electron chi connectivity index (χ1n) is 7.44. The highest BCUT2D eigenvalue weighted by atomic mass is 16.5. The van der Waals surface area contributed by atoms with Gasteiger partial charge in [-0.2, -0.15) is 0 Å². The predicted octanol–water partition coefficient (Wildman–Crippen LogP) is 1.67. The molecule has 2 heterocycles. The SMILES string of the molecule is Nc1nccnc1[C@H]1CN(C(=O)/C=C/c2ccccc2)CCO1. The summed E-state index contributed by atoms with van der Waals surface area (Å²) in [6, 6.07) is 9.72. The minimum Gasteiger partial charge on any atom is -0.382 e. The van der Waals surface area contributed by atoms with Gasteiger partial charge in [0.05, 0.1) is 13.2 Å². The number of carbonyl (C=O) groups is 1. The van der Waals surface area contributed by atoms with Crippen LogP contribution >= 0.6 is 0 Å². The van der Waals surface area contributed by atoms with Crippen molar-refractivity contribution in [2.75, 3.05) is 25.4 Å². The van der Waals surface area contributed by atoms with E-state index in [-0.39, 0.29) is 12.0 Å². The number of benzene rings is 1. The molecule has 1 amide bonds. The Morgan fingerprint density at radius 1 is 1.26 bits per heavy atom. The van der Waals surface area contributed by atoms with Gasteiger partial charge in [-0.05, 0) is 11.6 Å². The molecule has 0 saturated carbocycles. The largest absolute Gasteiger partial charge is 0.382 e. The number of hydrogen-bond acceptors (Lipinski definition) is 5. The van der Waals surface area contributed by atoms with E-state index in [4.69, 9.17) is 10.5 Å². The van der Waals surface area contributed by atoms with E-state index < -0.39 is 0 Å². The van der Waals surface area contributed by atoms with E-state index in [1.165, 1.54) is 6.20 Å². The lowest BCUT2D eigenvalue weighted by molar-refractivity contribution is -0.133. The van der Waals surface area contributed by atoms with Gasteiger partial charge in [0.1, 0.15) is 17.6 Å². The van der Waals surface area contributed by atoms with Gasteiger partial charge in [0.15, 0.2) is 0 Å². The number of nitrogens with two attached hydrogens (primary N) is 1. The normalized spacial score (nSPS) is 18.3. The zero-order valence-corrected chi connectivity index (χ0v) is 12.6. The van der Waals surface area contributed by atoms with Crippen LogP contribution in [-0.4, -0.2) is 40.5 Å². The molecule has 23 heavy (non-hydrogen) atoms. The third kappa shape index (κ3) is 3.73. The molecule has 1 saturated heterocycles. The van der Waals surface area contributed by atoms with Crippen molar-refractivity contribution < 1.29 is 9.53 Å². The van der Waals surface area contributed by atoms with Crippen LogP contribution in [0.3, 0.4) is 0 Å². The zero-order valence-electron chi connectivity index (χ0n) is 12.6. The molecule has 2 N–H and O–H groups in total. The highest BCUT2D eigenvalue weighted by molar-refractivity contribution is 5.91. The summed E-state index contributed by atoms with van der Waals surface area (Å²) < 4.78 is 5.69. The fourth-order valence-electron chi connectivity index (χ4n) is 2.46. The molecular formula is C17H18N4O2. The second-order valence-electron chi connectivity index (χ2n) is 5.21. The third-order valence-electron chi connectivity index (χ3n) is 3.66. The van der Waals surface area contributed by atoms with Crippen molar-refractivity contribution in [3.05, 3.63) is 60.1 Å². The third-order valence-corrected chi connectivity index (χ3v) is 3.66. The summed E-state index contributed by atoms with van der Waals surface area (Å²) in [5.41, 5.74) is 7.41. The summed E-state index contributed by atoms with van der Waals surface area (Å²) in [6.45, 7) is 1.42. The Bertz CT molecular complexity index is 703. The summed E-state index contributed by atoms with van der Waals surface area (Å²) in [7, 11) is 0. The zero-order chi connectivity index (χ0) is 16.1. The molecule has 1 aliphatic heterocycles. The van der Waals surface area contributed by atoms with Gasteiger partial charge in [0.2, 0.25) is 5.91 Å². The van der Waals surface area contributed by atoms with Crippen molar-refractivity contribution in [1.29, 1.82) is 0 Å². The van der Waals surface area contributed by atoms with Crippen molar-refractivity contribution in [3.8, 4) is 0 Å². The van der Waals surface area contributed by atoms with E-state index in [2.05, 4.69) is 9.97 Å². The van der Waals surface area contributed by atoms with Crippen LogP contribution in [0.4, 0.5) is 5.82 Å². The number of amides is 1. The Hall–Kier alpha value is -2.73. The molecular weight excluding hydrogens is 292 g/mol. The molecule has 1 atom stereocenters. The van der Waals surface area contributed by atoms with Crippen LogP contribution in [0.15, 0.2) is 48.8 Å². The van der Waals surface area contributed by atoms with Crippen molar-refractivity contribution in [2.45, 2.75) is 6.10 Å². The fraction of sp³-hybridized carbons (Fsp3) is 0.235. The first-order chi connectivity index (χ1) is 11.2. The van der Waals surface area contributed by atoms with Crippen LogP contribution < -0.4 is 5.73 Å². The van der Waals surface area contributed by atoms with E-state index in [1.807, 2.05) is 36.4 Å². The number of carbonyl (C=O) groups excluding carboxylic acids is 1. The number of nitrogen functional groups attached to an aromatic ring is 1. The van der Waals surface area contributed by atoms with E-state index in [0.717, 1.165) is 5.56 Å². The molecule has 0 radical (unpaired) electrons. The molecule has 3 rings (SSSR count). The van der Waals surface area contributed by atoms with Crippen molar-refractivity contribution >= 4 is 17.8 Å². The molecule has 0 aliphatic carbocycles. The molecule has 0 spiro atoms. The van der Waals surface area contributed by atoms with Crippen LogP contribution in [-0.2, 0) is 9.53 Å². The summed E-state index contributed by atoms with van der Waals surface area (Å²) in [5, 5.41) is 0. The average molecular weight is 310 g/mol. The van der Waals surface area contributed by atoms with Gasteiger partial charge in [-0.25, -0.2) is 4.98 Å². The van der Waals surface area contributed by atoms with E-state index in [1.54, 1.807) is 17.2 Å². The van der Waals surface area contributed by atoms with Crippen LogP contribution in [0.2, 0.25) is 0 Å². The number of aromatic nitrogens is 2. The highest BCUT2D eigenvalue weighted by Gasteiger charge is 2.26.